The minimum absolute atomic E-state index is 0.152. The molecule has 1 aromatic heterocycles. The predicted molar refractivity (Wildman–Crippen MR) is 91.0 cm³/mol. The van der Waals surface area contributed by atoms with Gasteiger partial charge in [0.05, 0.1) is 6.33 Å². The third kappa shape index (κ3) is 4.90. The second kappa shape index (κ2) is 8.27. The Morgan fingerprint density at radius 1 is 1.36 bits per heavy atom. The van der Waals surface area contributed by atoms with Gasteiger partial charge in [0.25, 0.3) is 5.56 Å². The molecule has 0 N–H and O–H groups in total. The summed E-state index contributed by atoms with van der Waals surface area (Å²) in [6.45, 7) is 5.89. The first kappa shape index (κ1) is 19.1. The quantitative estimate of drug-likeness (QED) is 0.754. The van der Waals surface area contributed by atoms with E-state index in [2.05, 4.69) is 25.8 Å². The molecule has 7 heteroatoms. The fourth-order valence-electron chi connectivity index (χ4n) is 3.30. The van der Waals surface area contributed by atoms with Crippen LogP contribution in [0.2, 0.25) is 0 Å². The maximum Gasteiger partial charge on any atom is 0.345 e. The van der Waals surface area contributed by atoms with Crippen LogP contribution >= 0.6 is 0 Å². The highest BCUT2D eigenvalue weighted by atomic mass is 16.6. The lowest BCUT2D eigenvalue weighted by molar-refractivity contribution is -0.159. The average Bonchev–Trinajstić information content (AvgIpc) is 2.55. The van der Waals surface area contributed by atoms with Gasteiger partial charge in [-0.1, -0.05) is 27.2 Å². The van der Waals surface area contributed by atoms with Crippen molar-refractivity contribution in [3.05, 3.63) is 28.4 Å². The molecule has 0 spiro atoms. The molecule has 138 valence electrons. The van der Waals surface area contributed by atoms with Crippen LogP contribution in [-0.2, 0) is 21.3 Å². The Kier molecular flexibility index (Phi) is 6.33. The van der Waals surface area contributed by atoms with Gasteiger partial charge in [-0.15, -0.1) is 0 Å². The van der Waals surface area contributed by atoms with Crippen LogP contribution in [0.15, 0.2) is 17.3 Å². The zero-order valence-corrected chi connectivity index (χ0v) is 15.2. The Bertz CT molecular complexity index is 682. The van der Waals surface area contributed by atoms with Crippen molar-refractivity contribution in [3.63, 3.8) is 0 Å². The molecule has 25 heavy (non-hydrogen) atoms. The number of carbonyl (C=O) groups excluding carboxylic acids is 2. The van der Waals surface area contributed by atoms with Crippen LogP contribution in [0.25, 0.3) is 0 Å². The van der Waals surface area contributed by atoms with Crippen molar-refractivity contribution in [1.29, 1.82) is 0 Å². The molecule has 3 unspecified atom stereocenters. The number of aromatic nitrogens is 2. The molecule has 1 aliphatic carbocycles. The lowest BCUT2D eigenvalue weighted by Crippen LogP contribution is -2.37. The summed E-state index contributed by atoms with van der Waals surface area (Å²) in [5, 5.41) is 0. The summed E-state index contributed by atoms with van der Waals surface area (Å²) >= 11 is 0. The topological polar surface area (TPSA) is 87.5 Å². The highest BCUT2D eigenvalue weighted by molar-refractivity contribution is 5.90. The molecule has 1 heterocycles. The van der Waals surface area contributed by atoms with E-state index in [1.54, 1.807) is 0 Å². The molecule has 3 atom stereocenters. The van der Waals surface area contributed by atoms with Gasteiger partial charge in [-0.25, -0.2) is 14.6 Å². The molecule has 2 rings (SSSR count). The normalized spacial score (nSPS) is 23.3. The standard InChI is InChI=1S/C18H26N2O5/c1-11(2)13-6-5-12(3)7-15(13)25-16(21)9-24-18(23)14-8-19-10-20(4)17(14)22/h8,10-13,15H,5-7,9H2,1-4H3. The van der Waals surface area contributed by atoms with Crippen LogP contribution in [0.4, 0.5) is 0 Å². The predicted octanol–water partition coefficient (Wildman–Crippen LogP) is 1.94. The summed E-state index contributed by atoms with van der Waals surface area (Å²) in [6.07, 6.45) is 5.27. The van der Waals surface area contributed by atoms with Gasteiger partial charge in [-0.2, -0.15) is 0 Å². The van der Waals surface area contributed by atoms with E-state index < -0.39 is 24.1 Å². The largest absolute Gasteiger partial charge is 0.460 e. The van der Waals surface area contributed by atoms with E-state index in [1.807, 2.05) is 0 Å². The van der Waals surface area contributed by atoms with Crippen LogP contribution in [-0.4, -0.2) is 34.2 Å². The van der Waals surface area contributed by atoms with E-state index in [1.165, 1.54) is 17.9 Å². The van der Waals surface area contributed by atoms with Crippen LogP contribution in [0.1, 0.15) is 50.4 Å². The molecular weight excluding hydrogens is 324 g/mol. The lowest BCUT2D eigenvalue weighted by atomic mass is 9.75. The summed E-state index contributed by atoms with van der Waals surface area (Å²) in [7, 11) is 1.48. The van der Waals surface area contributed by atoms with Crippen molar-refractivity contribution in [2.24, 2.45) is 24.8 Å². The highest BCUT2D eigenvalue weighted by Crippen LogP contribution is 2.35. The second-order valence-corrected chi connectivity index (χ2v) is 7.15. The molecule has 1 fully saturated rings. The third-order valence-corrected chi connectivity index (χ3v) is 4.78. The zero-order valence-electron chi connectivity index (χ0n) is 15.2. The van der Waals surface area contributed by atoms with Crippen molar-refractivity contribution in [1.82, 2.24) is 9.55 Å². The second-order valence-electron chi connectivity index (χ2n) is 7.15. The summed E-state index contributed by atoms with van der Waals surface area (Å²) in [5.74, 6) is -0.205. The molecular formula is C18H26N2O5. The van der Waals surface area contributed by atoms with Crippen molar-refractivity contribution in [2.75, 3.05) is 6.61 Å². The maximum atomic E-state index is 12.1. The number of rotatable bonds is 5. The van der Waals surface area contributed by atoms with Crippen LogP contribution in [0.3, 0.4) is 0 Å². The Balaban J connectivity index is 1.92. The Morgan fingerprint density at radius 3 is 2.76 bits per heavy atom. The van der Waals surface area contributed by atoms with E-state index in [9.17, 15) is 14.4 Å². The van der Waals surface area contributed by atoms with E-state index in [4.69, 9.17) is 9.47 Å². The van der Waals surface area contributed by atoms with E-state index >= 15 is 0 Å². The van der Waals surface area contributed by atoms with Gasteiger partial charge in [0.1, 0.15) is 11.7 Å². The molecule has 0 amide bonds. The van der Waals surface area contributed by atoms with Crippen LogP contribution < -0.4 is 5.56 Å². The zero-order chi connectivity index (χ0) is 18.6. The summed E-state index contributed by atoms with van der Waals surface area (Å²) in [6, 6.07) is 0. The van der Waals surface area contributed by atoms with Gasteiger partial charge >= 0.3 is 11.9 Å². The fraction of sp³-hybridized carbons (Fsp3) is 0.667. The van der Waals surface area contributed by atoms with Crippen LogP contribution in [0.5, 0.6) is 0 Å². The Labute approximate surface area is 147 Å². The fourth-order valence-corrected chi connectivity index (χ4v) is 3.30. The summed E-state index contributed by atoms with van der Waals surface area (Å²) in [5.41, 5.74) is -0.724. The van der Waals surface area contributed by atoms with E-state index in [-0.39, 0.29) is 11.7 Å². The van der Waals surface area contributed by atoms with Gasteiger partial charge in [0.15, 0.2) is 6.61 Å². The molecule has 0 bridgehead atoms. The first-order valence-corrected chi connectivity index (χ1v) is 8.66. The van der Waals surface area contributed by atoms with Crippen molar-refractivity contribution >= 4 is 11.9 Å². The molecule has 1 aromatic rings. The van der Waals surface area contributed by atoms with Crippen molar-refractivity contribution < 1.29 is 19.1 Å². The molecule has 7 nitrogen and oxygen atoms in total. The van der Waals surface area contributed by atoms with Crippen molar-refractivity contribution in [3.8, 4) is 0 Å². The first-order chi connectivity index (χ1) is 11.8. The van der Waals surface area contributed by atoms with Gasteiger partial charge in [-0.05, 0) is 30.6 Å². The maximum absolute atomic E-state index is 12.1. The van der Waals surface area contributed by atoms with E-state index in [0.717, 1.165) is 25.5 Å². The Hall–Kier alpha value is -2.18. The average molecular weight is 350 g/mol. The number of aryl methyl sites for hydroxylation is 1. The van der Waals surface area contributed by atoms with Crippen molar-refractivity contribution in [2.45, 2.75) is 46.1 Å². The lowest BCUT2D eigenvalue weighted by Gasteiger charge is -2.36. The van der Waals surface area contributed by atoms with Gasteiger partial charge in [0, 0.05) is 13.2 Å². The molecule has 1 aliphatic rings. The summed E-state index contributed by atoms with van der Waals surface area (Å²) in [4.78, 5) is 39.6. The minimum Gasteiger partial charge on any atom is -0.460 e. The van der Waals surface area contributed by atoms with Gasteiger partial charge in [0.2, 0.25) is 0 Å². The van der Waals surface area contributed by atoms with E-state index in [0.29, 0.717) is 17.8 Å². The number of nitrogens with zero attached hydrogens (tertiary/aromatic N) is 2. The number of hydrogen-bond acceptors (Lipinski definition) is 6. The highest BCUT2D eigenvalue weighted by Gasteiger charge is 2.33. The van der Waals surface area contributed by atoms with Gasteiger partial charge in [-0.3, -0.25) is 4.79 Å². The van der Waals surface area contributed by atoms with Gasteiger partial charge < -0.3 is 14.0 Å². The first-order valence-electron chi connectivity index (χ1n) is 8.66. The smallest absolute Gasteiger partial charge is 0.345 e. The molecule has 0 saturated heterocycles. The monoisotopic (exact) mass is 350 g/mol. The number of carbonyl (C=O) groups is 2. The van der Waals surface area contributed by atoms with Crippen LogP contribution in [0, 0.1) is 17.8 Å². The number of hydrogen-bond donors (Lipinski definition) is 0. The minimum atomic E-state index is -0.872. The number of esters is 2. The molecule has 0 aromatic carbocycles. The summed E-state index contributed by atoms with van der Waals surface area (Å²) < 4.78 is 11.7. The molecule has 0 aliphatic heterocycles. The molecule has 0 radical (unpaired) electrons. The molecule has 1 saturated carbocycles. The third-order valence-electron chi connectivity index (χ3n) is 4.78. The Morgan fingerprint density at radius 2 is 2.08 bits per heavy atom. The number of ether oxygens (including phenoxy) is 2. The SMILES string of the molecule is CC1CCC(C(C)C)C(OC(=O)COC(=O)c2cncn(C)c2=O)C1.